The van der Waals surface area contributed by atoms with Crippen LogP contribution in [0.3, 0.4) is 0 Å². The molecule has 9 heteroatoms. The lowest BCUT2D eigenvalue weighted by Gasteiger charge is -2.17. The Bertz CT molecular complexity index is 461. The molecule has 0 saturated carbocycles. The van der Waals surface area contributed by atoms with Gasteiger partial charge >= 0.3 is 6.18 Å². The normalized spacial score (nSPS) is 16.2. The van der Waals surface area contributed by atoms with Crippen LogP contribution < -0.4 is 10.6 Å². The molecule has 0 radical (unpaired) electrons. The molecule has 0 bridgehead atoms. The molecule has 1 atom stereocenters. The number of hydrogen-bond donors (Lipinski definition) is 2. The smallest absolute Gasteiger partial charge is 0.360 e. The number of rotatable bonds is 2. The van der Waals surface area contributed by atoms with Crippen molar-refractivity contribution in [3.05, 3.63) is 17.0 Å². The van der Waals surface area contributed by atoms with Gasteiger partial charge in [-0.05, 0) is 6.92 Å². The van der Waals surface area contributed by atoms with Gasteiger partial charge in [-0.1, -0.05) is 5.16 Å². The Balaban J connectivity index is 0.00000180. The summed E-state index contributed by atoms with van der Waals surface area (Å²) >= 11 is 0. The molecule has 0 aromatic carbocycles. The van der Waals surface area contributed by atoms with Gasteiger partial charge in [0, 0.05) is 25.1 Å². The van der Waals surface area contributed by atoms with E-state index < -0.39 is 18.1 Å². The van der Waals surface area contributed by atoms with Gasteiger partial charge in [0.25, 0.3) is 5.91 Å². The molecule has 5 nitrogen and oxygen atoms in total. The highest BCUT2D eigenvalue weighted by molar-refractivity contribution is 5.94. The van der Waals surface area contributed by atoms with Crippen LogP contribution in [-0.4, -0.2) is 29.8 Å². The number of carbonyl (C=O) groups excluding carboxylic acids is 1. The third-order valence-corrected chi connectivity index (χ3v) is 2.75. The molecule has 0 spiro atoms. The van der Waals surface area contributed by atoms with Crippen molar-refractivity contribution in [2.45, 2.75) is 32.1 Å². The number of halogens is 4. The Morgan fingerprint density at radius 2 is 2.21 bits per heavy atom. The van der Waals surface area contributed by atoms with E-state index in [1.165, 1.54) is 0 Å². The molecule has 0 fully saturated rings. The van der Waals surface area contributed by atoms with Crippen molar-refractivity contribution in [2.24, 2.45) is 0 Å². The quantitative estimate of drug-likeness (QED) is 0.867. The molecule has 19 heavy (non-hydrogen) atoms. The molecule has 1 aromatic rings. The first-order valence-electron chi connectivity index (χ1n) is 5.45. The maximum atomic E-state index is 12.3. The van der Waals surface area contributed by atoms with Gasteiger partial charge in [-0.2, -0.15) is 13.2 Å². The fraction of sp³-hybridized carbons (Fsp3) is 0.600. The Morgan fingerprint density at radius 1 is 1.53 bits per heavy atom. The van der Waals surface area contributed by atoms with Crippen molar-refractivity contribution in [3.63, 3.8) is 0 Å². The van der Waals surface area contributed by atoms with E-state index in [-0.39, 0.29) is 18.1 Å². The van der Waals surface area contributed by atoms with Gasteiger partial charge < -0.3 is 15.2 Å². The first-order valence-corrected chi connectivity index (χ1v) is 5.45. The van der Waals surface area contributed by atoms with Crippen LogP contribution in [0, 0.1) is 0 Å². The molecular formula is C10H13ClF3N3O2. The fourth-order valence-electron chi connectivity index (χ4n) is 1.66. The predicted molar refractivity (Wildman–Crippen MR) is 62.1 cm³/mol. The van der Waals surface area contributed by atoms with Crippen molar-refractivity contribution in [3.8, 4) is 0 Å². The zero-order valence-corrected chi connectivity index (χ0v) is 10.8. The van der Waals surface area contributed by atoms with Gasteiger partial charge in [0.05, 0.1) is 0 Å². The van der Waals surface area contributed by atoms with E-state index in [9.17, 15) is 18.0 Å². The monoisotopic (exact) mass is 299 g/mol. The fourth-order valence-corrected chi connectivity index (χ4v) is 1.66. The van der Waals surface area contributed by atoms with Crippen molar-refractivity contribution < 1.29 is 22.5 Å². The lowest BCUT2D eigenvalue weighted by molar-refractivity contribution is -0.149. The highest BCUT2D eigenvalue weighted by Crippen LogP contribution is 2.21. The van der Waals surface area contributed by atoms with E-state index in [1.807, 2.05) is 5.32 Å². The molecule has 0 unspecified atom stereocenters. The van der Waals surface area contributed by atoms with Crippen molar-refractivity contribution >= 4 is 18.3 Å². The molecule has 1 aliphatic heterocycles. The summed E-state index contributed by atoms with van der Waals surface area (Å²) in [5.74, 6) is -0.313. The Kier molecular flexibility index (Phi) is 4.81. The number of nitrogens with zero attached hydrogens (tertiary/aromatic N) is 1. The van der Waals surface area contributed by atoms with Crippen LogP contribution in [-0.2, 0) is 13.0 Å². The molecule has 2 N–H and O–H groups in total. The molecule has 1 aliphatic rings. The van der Waals surface area contributed by atoms with E-state index in [1.54, 1.807) is 0 Å². The van der Waals surface area contributed by atoms with Crippen LogP contribution in [0.1, 0.15) is 28.7 Å². The Morgan fingerprint density at radius 3 is 2.84 bits per heavy atom. The molecule has 1 aromatic heterocycles. The van der Waals surface area contributed by atoms with Crippen molar-refractivity contribution in [2.75, 3.05) is 6.54 Å². The second-order valence-corrected chi connectivity index (χ2v) is 4.10. The third-order valence-electron chi connectivity index (χ3n) is 2.75. The lowest BCUT2D eigenvalue weighted by Crippen LogP contribution is -2.43. The maximum Gasteiger partial charge on any atom is 0.408 e. The van der Waals surface area contributed by atoms with E-state index >= 15 is 0 Å². The molecule has 0 aliphatic carbocycles. The highest BCUT2D eigenvalue weighted by atomic mass is 35.5. The number of nitrogens with one attached hydrogen (secondary N) is 2. The highest BCUT2D eigenvalue weighted by Gasteiger charge is 2.38. The van der Waals surface area contributed by atoms with Crippen LogP contribution in [0.2, 0.25) is 0 Å². The number of aromatic nitrogens is 1. The van der Waals surface area contributed by atoms with Gasteiger partial charge in [0.15, 0.2) is 5.69 Å². The summed E-state index contributed by atoms with van der Waals surface area (Å²) in [5, 5.41) is 8.40. The number of fused-ring (bicyclic) bond motifs is 1. The first-order chi connectivity index (χ1) is 8.39. The SMILES string of the molecule is C[C@@H](NC(=O)c1noc2c1CNCC2)C(F)(F)F.Cl. The average molecular weight is 300 g/mol. The van der Waals surface area contributed by atoms with Crippen LogP contribution in [0.5, 0.6) is 0 Å². The summed E-state index contributed by atoms with van der Waals surface area (Å²) in [6, 6.07) is -1.92. The van der Waals surface area contributed by atoms with Gasteiger partial charge in [-0.3, -0.25) is 4.79 Å². The summed E-state index contributed by atoms with van der Waals surface area (Å²) in [7, 11) is 0. The second-order valence-electron chi connectivity index (χ2n) is 4.10. The summed E-state index contributed by atoms with van der Waals surface area (Å²) in [4.78, 5) is 11.7. The topological polar surface area (TPSA) is 67.2 Å². The summed E-state index contributed by atoms with van der Waals surface area (Å²) in [5.41, 5.74) is 0.460. The first kappa shape index (κ1) is 15.8. The number of amides is 1. The molecule has 108 valence electrons. The largest absolute Gasteiger partial charge is 0.408 e. The van der Waals surface area contributed by atoms with Crippen LogP contribution >= 0.6 is 12.4 Å². The number of hydrogen-bond acceptors (Lipinski definition) is 4. The lowest BCUT2D eigenvalue weighted by atomic mass is 10.1. The van der Waals surface area contributed by atoms with Crippen LogP contribution in [0.25, 0.3) is 0 Å². The number of carbonyl (C=O) groups is 1. The predicted octanol–water partition coefficient (Wildman–Crippen LogP) is 1.42. The van der Waals surface area contributed by atoms with Crippen LogP contribution in [0.4, 0.5) is 13.2 Å². The van der Waals surface area contributed by atoms with Crippen molar-refractivity contribution in [1.29, 1.82) is 0 Å². The van der Waals surface area contributed by atoms with E-state index in [2.05, 4.69) is 10.5 Å². The minimum Gasteiger partial charge on any atom is -0.360 e. The molecule has 0 saturated heterocycles. The molecule has 1 amide bonds. The zero-order valence-electron chi connectivity index (χ0n) is 10.0. The summed E-state index contributed by atoms with van der Waals surface area (Å²) < 4.78 is 41.9. The second kappa shape index (κ2) is 5.79. The van der Waals surface area contributed by atoms with Gasteiger partial charge in [-0.15, -0.1) is 12.4 Å². The van der Waals surface area contributed by atoms with Crippen molar-refractivity contribution in [1.82, 2.24) is 15.8 Å². The standard InChI is InChI=1S/C10H12F3N3O2.ClH/c1-5(10(11,12)13)15-9(17)8-6-4-14-3-2-7(6)18-16-8;/h5,14H,2-4H2,1H3,(H,15,17);1H/t5-;/m1./s1. The van der Waals surface area contributed by atoms with Gasteiger partial charge in [-0.25, -0.2) is 0 Å². The van der Waals surface area contributed by atoms with Gasteiger partial charge in [0.1, 0.15) is 11.8 Å². The van der Waals surface area contributed by atoms with E-state index in [0.29, 0.717) is 30.8 Å². The molecule has 2 rings (SSSR count). The summed E-state index contributed by atoms with van der Waals surface area (Å²) in [6.45, 7) is 1.95. The minimum absolute atomic E-state index is 0. The Labute approximate surface area is 113 Å². The van der Waals surface area contributed by atoms with Gasteiger partial charge in [0.2, 0.25) is 0 Å². The maximum absolute atomic E-state index is 12.3. The summed E-state index contributed by atoms with van der Waals surface area (Å²) in [6.07, 6.45) is -3.90. The zero-order chi connectivity index (χ0) is 13.3. The minimum atomic E-state index is -4.47. The molecule has 2 heterocycles. The average Bonchev–Trinajstić information content (AvgIpc) is 2.71. The van der Waals surface area contributed by atoms with E-state index in [4.69, 9.17) is 4.52 Å². The third kappa shape index (κ3) is 3.38. The number of alkyl halides is 3. The van der Waals surface area contributed by atoms with Crippen LogP contribution in [0.15, 0.2) is 4.52 Å². The van der Waals surface area contributed by atoms with E-state index in [0.717, 1.165) is 6.92 Å². The Hall–Kier alpha value is -1.28. The molecular weight excluding hydrogens is 287 g/mol.